The first-order chi connectivity index (χ1) is 10.3. The van der Waals surface area contributed by atoms with Gasteiger partial charge in [0.15, 0.2) is 10.7 Å². The van der Waals surface area contributed by atoms with Crippen LogP contribution in [0.4, 0.5) is 5.69 Å². The lowest BCUT2D eigenvalue weighted by Gasteiger charge is -2.17. The number of hydrogen-bond donors (Lipinski definition) is 0. The highest BCUT2D eigenvalue weighted by atomic mass is 32.2. The quantitative estimate of drug-likeness (QED) is 0.576. The van der Waals surface area contributed by atoms with Crippen LogP contribution in [-0.4, -0.2) is 41.4 Å². The lowest BCUT2D eigenvalue weighted by molar-refractivity contribution is -0.387. The van der Waals surface area contributed by atoms with Crippen LogP contribution in [0.1, 0.15) is 11.4 Å². The summed E-state index contributed by atoms with van der Waals surface area (Å²) in [7, 11) is -2.64. The van der Waals surface area contributed by atoms with Crippen molar-refractivity contribution in [1.29, 1.82) is 0 Å². The third-order valence-corrected chi connectivity index (χ3v) is 5.16. The second-order valence-corrected chi connectivity index (χ2v) is 6.59. The van der Waals surface area contributed by atoms with Gasteiger partial charge in [0, 0.05) is 26.1 Å². The van der Waals surface area contributed by atoms with E-state index < -0.39 is 20.6 Å². The largest absolute Gasteiger partial charge is 0.343 e. The van der Waals surface area contributed by atoms with Crippen molar-refractivity contribution >= 4 is 15.7 Å². The lowest BCUT2D eigenvalue weighted by atomic mass is 10.2. The SMILES string of the molecule is Cc1cccc([N+](=O)[O-])c1S(=O)(=O)N(C)CCc1ncon1. The summed E-state index contributed by atoms with van der Waals surface area (Å²) in [5.74, 6) is 0.362. The minimum atomic E-state index is -3.99. The van der Waals surface area contributed by atoms with Crippen molar-refractivity contribution in [3.05, 3.63) is 46.1 Å². The molecule has 0 saturated heterocycles. The second-order valence-electron chi connectivity index (χ2n) is 4.60. The molecule has 0 spiro atoms. The van der Waals surface area contributed by atoms with Crippen molar-refractivity contribution in [2.75, 3.05) is 13.6 Å². The zero-order valence-corrected chi connectivity index (χ0v) is 12.8. The van der Waals surface area contributed by atoms with Crippen molar-refractivity contribution in [1.82, 2.24) is 14.4 Å². The summed E-state index contributed by atoms with van der Waals surface area (Å²) in [6.45, 7) is 1.60. The van der Waals surface area contributed by atoms with Gasteiger partial charge in [-0.2, -0.15) is 4.98 Å². The first-order valence-electron chi connectivity index (χ1n) is 6.29. The molecule has 0 atom stereocenters. The molecule has 10 heteroatoms. The minimum Gasteiger partial charge on any atom is -0.343 e. The number of nitro benzene ring substituents is 1. The molecular weight excluding hydrogens is 312 g/mol. The fourth-order valence-electron chi connectivity index (χ4n) is 1.95. The summed E-state index contributed by atoms with van der Waals surface area (Å²) >= 11 is 0. The molecule has 9 nitrogen and oxygen atoms in total. The smallest absolute Gasteiger partial charge is 0.289 e. The van der Waals surface area contributed by atoms with E-state index in [2.05, 4.69) is 14.7 Å². The fraction of sp³-hybridized carbons (Fsp3) is 0.333. The van der Waals surface area contributed by atoms with Crippen LogP contribution in [-0.2, 0) is 16.4 Å². The predicted octanol–water partition coefficient (Wildman–Crippen LogP) is 1.15. The van der Waals surface area contributed by atoms with Crippen LogP contribution < -0.4 is 0 Å². The maximum absolute atomic E-state index is 12.6. The summed E-state index contributed by atoms with van der Waals surface area (Å²) in [6.07, 6.45) is 1.39. The van der Waals surface area contributed by atoms with E-state index in [1.807, 2.05) is 0 Å². The molecule has 0 unspecified atom stereocenters. The van der Waals surface area contributed by atoms with Crippen molar-refractivity contribution in [3.8, 4) is 0 Å². The van der Waals surface area contributed by atoms with E-state index in [-0.39, 0.29) is 17.9 Å². The molecule has 22 heavy (non-hydrogen) atoms. The van der Waals surface area contributed by atoms with E-state index in [1.54, 1.807) is 0 Å². The molecule has 0 N–H and O–H groups in total. The molecule has 0 aliphatic carbocycles. The van der Waals surface area contributed by atoms with E-state index in [1.165, 1.54) is 32.2 Å². The van der Waals surface area contributed by atoms with Crippen molar-refractivity contribution < 1.29 is 17.9 Å². The molecule has 0 aliphatic heterocycles. The van der Waals surface area contributed by atoms with Gasteiger partial charge in [-0.1, -0.05) is 17.3 Å². The summed E-state index contributed by atoms with van der Waals surface area (Å²) in [5, 5.41) is 14.7. The summed E-state index contributed by atoms with van der Waals surface area (Å²) < 4.78 is 30.8. The highest BCUT2D eigenvalue weighted by molar-refractivity contribution is 7.89. The van der Waals surface area contributed by atoms with Crippen LogP contribution in [0.25, 0.3) is 0 Å². The van der Waals surface area contributed by atoms with Gasteiger partial charge in [0.2, 0.25) is 16.4 Å². The van der Waals surface area contributed by atoms with Gasteiger partial charge in [-0.3, -0.25) is 10.1 Å². The normalized spacial score (nSPS) is 11.8. The Kier molecular flexibility index (Phi) is 4.52. The number of sulfonamides is 1. The van der Waals surface area contributed by atoms with Crippen LogP contribution >= 0.6 is 0 Å². The molecule has 0 amide bonds. The highest BCUT2D eigenvalue weighted by Gasteiger charge is 2.31. The maximum atomic E-state index is 12.6. The van der Waals surface area contributed by atoms with Crippen LogP contribution in [0.3, 0.4) is 0 Å². The Balaban J connectivity index is 2.32. The van der Waals surface area contributed by atoms with E-state index in [4.69, 9.17) is 0 Å². The topological polar surface area (TPSA) is 119 Å². The van der Waals surface area contributed by atoms with Crippen LogP contribution in [0.15, 0.2) is 34.0 Å². The molecule has 0 aliphatic rings. The average Bonchev–Trinajstić information content (AvgIpc) is 2.97. The van der Waals surface area contributed by atoms with Crippen LogP contribution in [0.5, 0.6) is 0 Å². The zero-order chi connectivity index (χ0) is 16.3. The number of nitrogens with zero attached hydrogens (tertiary/aromatic N) is 4. The standard InChI is InChI=1S/C12H14N4O5S/c1-9-4-3-5-10(16(17)18)12(9)22(19,20)15(2)7-6-11-13-8-21-14-11/h3-5,8H,6-7H2,1-2H3. The molecule has 0 fully saturated rings. The summed E-state index contributed by atoms with van der Waals surface area (Å²) in [6, 6.07) is 4.14. The number of benzene rings is 1. The van der Waals surface area contributed by atoms with Gasteiger partial charge < -0.3 is 4.52 Å². The summed E-state index contributed by atoms with van der Waals surface area (Å²) in [5.41, 5.74) is -0.118. The molecule has 1 heterocycles. The Hall–Kier alpha value is -2.33. The monoisotopic (exact) mass is 326 g/mol. The summed E-state index contributed by atoms with van der Waals surface area (Å²) in [4.78, 5) is 13.9. The third kappa shape index (κ3) is 3.12. The van der Waals surface area contributed by atoms with Gasteiger partial charge in [-0.25, -0.2) is 12.7 Å². The Morgan fingerprint density at radius 3 is 2.73 bits per heavy atom. The number of aromatic nitrogens is 2. The first-order valence-corrected chi connectivity index (χ1v) is 7.73. The van der Waals surface area contributed by atoms with Gasteiger partial charge in [0.25, 0.3) is 5.69 Å². The molecule has 2 rings (SSSR count). The van der Waals surface area contributed by atoms with E-state index in [9.17, 15) is 18.5 Å². The first kappa shape index (κ1) is 16.0. The number of likely N-dealkylation sites (N-methyl/N-ethyl adjacent to an activating group) is 1. The lowest BCUT2D eigenvalue weighted by Crippen LogP contribution is -2.30. The zero-order valence-electron chi connectivity index (χ0n) is 12.0. The van der Waals surface area contributed by atoms with Crippen molar-refractivity contribution in [2.45, 2.75) is 18.2 Å². The molecule has 0 bridgehead atoms. The third-order valence-electron chi connectivity index (χ3n) is 3.11. The highest BCUT2D eigenvalue weighted by Crippen LogP contribution is 2.29. The molecule has 1 aromatic heterocycles. The van der Waals surface area contributed by atoms with Crippen LogP contribution in [0.2, 0.25) is 0 Å². The van der Waals surface area contributed by atoms with Gasteiger partial charge in [-0.05, 0) is 12.5 Å². The van der Waals surface area contributed by atoms with Gasteiger partial charge in [0.1, 0.15) is 0 Å². The van der Waals surface area contributed by atoms with E-state index in [0.717, 1.165) is 10.7 Å². The van der Waals surface area contributed by atoms with Gasteiger partial charge in [0.05, 0.1) is 4.92 Å². The Bertz CT molecular complexity index is 773. The molecule has 1 aromatic carbocycles. The van der Waals surface area contributed by atoms with Crippen molar-refractivity contribution in [2.24, 2.45) is 0 Å². The van der Waals surface area contributed by atoms with Crippen LogP contribution in [0, 0.1) is 17.0 Å². The molecule has 2 aromatic rings. The van der Waals surface area contributed by atoms with E-state index >= 15 is 0 Å². The number of rotatable bonds is 6. The van der Waals surface area contributed by atoms with E-state index in [0.29, 0.717) is 11.4 Å². The molecule has 118 valence electrons. The fourth-order valence-corrected chi connectivity index (χ4v) is 3.48. The minimum absolute atomic E-state index is 0.0767. The van der Waals surface area contributed by atoms with Crippen molar-refractivity contribution in [3.63, 3.8) is 0 Å². The Morgan fingerprint density at radius 2 is 2.14 bits per heavy atom. The molecule has 0 radical (unpaired) electrons. The average molecular weight is 326 g/mol. The number of hydrogen-bond acceptors (Lipinski definition) is 7. The second kappa shape index (κ2) is 6.20. The number of nitro groups is 1. The Morgan fingerprint density at radius 1 is 1.41 bits per heavy atom. The van der Waals surface area contributed by atoms with Gasteiger partial charge >= 0.3 is 0 Å². The molecular formula is C12H14N4O5S. The van der Waals surface area contributed by atoms with Gasteiger partial charge in [-0.15, -0.1) is 0 Å². The Labute approximate surface area is 126 Å². The maximum Gasteiger partial charge on any atom is 0.289 e. The number of aryl methyl sites for hydroxylation is 1. The molecule has 0 saturated carbocycles. The predicted molar refractivity (Wildman–Crippen MR) is 75.7 cm³/mol.